The summed E-state index contributed by atoms with van der Waals surface area (Å²) in [6.45, 7) is 7.68. The molecule has 13 heavy (non-hydrogen) atoms. The molecule has 0 radical (unpaired) electrons. The topological polar surface area (TPSA) is 3.24 Å². The van der Waals surface area contributed by atoms with E-state index in [0.29, 0.717) is 0 Å². The van der Waals surface area contributed by atoms with Gasteiger partial charge in [-0.2, -0.15) is 30.3 Å². The maximum Gasteiger partial charge on any atom is 1.00 e. The van der Waals surface area contributed by atoms with E-state index < -0.39 is 0 Å². The van der Waals surface area contributed by atoms with Gasteiger partial charge in [-0.1, -0.05) is 13.8 Å². The van der Waals surface area contributed by atoms with E-state index in [1.165, 1.54) is 5.56 Å². The van der Waals surface area contributed by atoms with Crippen LogP contribution in [0, 0.1) is 6.07 Å². The number of hydrogen-bond acceptors (Lipinski definition) is 1. The molecule has 0 fully saturated rings. The Balaban J connectivity index is 0.00000144. The number of nitrogens with zero attached hydrogens (tertiary/aromatic N) is 1. The molecule has 0 atom stereocenters. The average Bonchev–Trinajstić information content (AvgIpc) is 2.16. The van der Waals surface area contributed by atoms with Gasteiger partial charge in [-0.15, -0.1) is 5.56 Å². The Hall–Kier alpha value is -0.223. The first-order chi connectivity index (χ1) is 5.86. The molecule has 0 unspecified atom stereocenters. The Kier molecular flexibility index (Phi) is 7.08. The van der Waals surface area contributed by atoms with Crippen molar-refractivity contribution in [3.8, 4) is 0 Å². The molecule has 1 nitrogen and oxygen atoms in total. The van der Waals surface area contributed by atoms with Crippen LogP contribution in [-0.4, -0.2) is 18.0 Å². The third-order valence-corrected chi connectivity index (χ3v) is 2.09. The molecule has 1 aromatic rings. The second-order valence-corrected chi connectivity index (χ2v) is 2.87. The van der Waals surface area contributed by atoms with Crippen molar-refractivity contribution in [1.82, 2.24) is 4.90 Å². The van der Waals surface area contributed by atoms with Crippen molar-refractivity contribution >= 4 is 0 Å². The number of hydrogen-bond donors (Lipinski definition) is 0. The van der Waals surface area contributed by atoms with Gasteiger partial charge in [-0.3, -0.25) is 0 Å². The van der Waals surface area contributed by atoms with Gasteiger partial charge in [0.25, 0.3) is 0 Å². The molecule has 66 valence electrons. The van der Waals surface area contributed by atoms with Crippen molar-refractivity contribution in [2.24, 2.45) is 0 Å². The Bertz CT molecular complexity index is 207. The summed E-state index contributed by atoms with van der Waals surface area (Å²) in [4.78, 5) is 2.40. The van der Waals surface area contributed by atoms with Crippen LogP contribution in [0.3, 0.4) is 0 Å². The normalized spacial score (nSPS) is 9.77. The molecule has 0 aliphatic carbocycles. The van der Waals surface area contributed by atoms with E-state index in [0.717, 1.165) is 19.6 Å². The fourth-order valence-corrected chi connectivity index (χ4v) is 1.23. The molecule has 1 rings (SSSR count). The first-order valence-corrected chi connectivity index (χ1v) is 4.54. The van der Waals surface area contributed by atoms with Gasteiger partial charge in [0.1, 0.15) is 0 Å². The molecule has 0 spiro atoms. The van der Waals surface area contributed by atoms with E-state index in [2.05, 4.69) is 36.9 Å². The molecular formula is C11H16LiN. The largest absolute Gasteiger partial charge is 1.00 e. The first kappa shape index (κ1) is 12.8. The minimum Gasteiger partial charge on any atom is -0.302 e. The van der Waals surface area contributed by atoms with Crippen LogP contribution in [0.4, 0.5) is 0 Å². The van der Waals surface area contributed by atoms with Crippen LogP contribution < -0.4 is 18.9 Å². The maximum atomic E-state index is 3.02. The van der Waals surface area contributed by atoms with Crippen LogP contribution >= 0.6 is 0 Å². The van der Waals surface area contributed by atoms with Crippen molar-refractivity contribution in [3.05, 3.63) is 35.9 Å². The smallest absolute Gasteiger partial charge is 0.302 e. The van der Waals surface area contributed by atoms with Crippen molar-refractivity contribution in [2.75, 3.05) is 13.1 Å². The van der Waals surface area contributed by atoms with Gasteiger partial charge in [0, 0.05) is 6.54 Å². The zero-order chi connectivity index (χ0) is 8.81. The quantitative estimate of drug-likeness (QED) is 0.427. The SMILES string of the molecule is CCN(CC)Cc1cc[c-]cc1.[Li+]. The molecule has 0 aromatic heterocycles. The zero-order valence-electron chi connectivity index (χ0n) is 8.88. The second-order valence-electron chi connectivity index (χ2n) is 2.87. The monoisotopic (exact) mass is 169 g/mol. The van der Waals surface area contributed by atoms with Crippen LogP contribution in [0.2, 0.25) is 0 Å². The summed E-state index contributed by atoms with van der Waals surface area (Å²) in [7, 11) is 0. The van der Waals surface area contributed by atoms with Crippen molar-refractivity contribution < 1.29 is 18.9 Å². The minimum absolute atomic E-state index is 0. The van der Waals surface area contributed by atoms with Crippen LogP contribution in [0.1, 0.15) is 19.4 Å². The summed E-state index contributed by atoms with van der Waals surface area (Å²) >= 11 is 0. The minimum atomic E-state index is 0. The molecule has 0 heterocycles. The Morgan fingerprint density at radius 3 is 2.15 bits per heavy atom. The van der Waals surface area contributed by atoms with Crippen LogP contribution in [0.5, 0.6) is 0 Å². The molecule has 0 N–H and O–H groups in total. The van der Waals surface area contributed by atoms with E-state index in [4.69, 9.17) is 0 Å². The van der Waals surface area contributed by atoms with E-state index in [9.17, 15) is 0 Å². The van der Waals surface area contributed by atoms with E-state index in [1.54, 1.807) is 0 Å². The molecule has 0 saturated carbocycles. The fraction of sp³-hybridized carbons (Fsp3) is 0.455. The van der Waals surface area contributed by atoms with Crippen molar-refractivity contribution in [1.29, 1.82) is 0 Å². The maximum absolute atomic E-state index is 3.02. The van der Waals surface area contributed by atoms with Gasteiger partial charge < -0.3 is 4.90 Å². The molecule has 0 aliphatic rings. The molecule has 2 heteroatoms. The van der Waals surface area contributed by atoms with Gasteiger partial charge >= 0.3 is 18.9 Å². The molecule has 0 saturated heterocycles. The summed E-state index contributed by atoms with van der Waals surface area (Å²) in [5, 5.41) is 0. The fourth-order valence-electron chi connectivity index (χ4n) is 1.23. The summed E-state index contributed by atoms with van der Waals surface area (Å²) in [5.74, 6) is 0. The average molecular weight is 169 g/mol. The van der Waals surface area contributed by atoms with Crippen LogP contribution in [-0.2, 0) is 6.54 Å². The van der Waals surface area contributed by atoms with Gasteiger partial charge in [0.15, 0.2) is 0 Å². The number of rotatable bonds is 4. The van der Waals surface area contributed by atoms with E-state index >= 15 is 0 Å². The second kappa shape index (κ2) is 7.21. The third kappa shape index (κ3) is 4.52. The number of benzene rings is 1. The van der Waals surface area contributed by atoms with Gasteiger partial charge in [0.05, 0.1) is 0 Å². The third-order valence-electron chi connectivity index (χ3n) is 2.09. The molecular weight excluding hydrogens is 153 g/mol. The van der Waals surface area contributed by atoms with Crippen molar-refractivity contribution in [2.45, 2.75) is 20.4 Å². The Labute approximate surface area is 93.3 Å². The van der Waals surface area contributed by atoms with Gasteiger partial charge in [-0.05, 0) is 13.1 Å². The Morgan fingerprint density at radius 1 is 1.15 bits per heavy atom. The van der Waals surface area contributed by atoms with Crippen LogP contribution in [0.25, 0.3) is 0 Å². The summed E-state index contributed by atoms with van der Waals surface area (Å²) < 4.78 is 0. The summed E-state index contributed by atoms with van der Waals surface area (Å²) in [6, 6.07) is 11.2. The first-order valence-electron chi connectivity index (χ1n) is 4.54. The van der Waals surface area contributed by atoms with Crippen LogP contribution in [0.15, 0.2) is 24.3 Å². The van der Waals surface area contributed by atoms with E-state index in [-0.39, 0.29) is 18.9 Å². The molecule has 0 aliphatic heterocycles. The van der Waals surface area contributed by atoms with E-state index in [1.807, 2.05) is 12.1 Å². The standard InChI is InChI=1S/C11H16N.Li/c1-3-12(4-2)10-11-8-6-5-7-9-11;/h6-9H,3-4,10H2,1-2H3;/q-1;+1. The Morgan fingerprint density at radius 2 is 1.69 bits per heavy atom. The van der Waals surface area contributed by atoms with Crippen molar-refractivity contribution in [3.63, 3.8) is 0 Å². The zero-order valence-corrected chi connectivity index (χ0v) is 8.88. The van der Waals surface area contributed by atoms with Gasteiger partial charge in [0.2, 0.25) is 0 Å². The predicted octanol–water partition coefficient (Wildman–Crippen LogP) is -0.667. The molecule has 1 aromatic carbocycles. The van der Waals surface area contributed by atoms with Gasteiger partial charge in [-0.25, -0.2) is 0 Å². The summed E-state index contributed by atoms with van der Waals surface area (Å²) in [6.07, 6.45) is 0. The molecule has 0 amide bonds. The predicted molar refractivity (Wildman–Crippen MR) is 51.9 cm³/mol. The summed E-state index contributed by atoms with van der Waals surface area (Å²) in [5.41, 5.74) is 1.37. The molecule has 0 bridgehead atoms.